The highest BCUT2D eigenvalue weighted by Gasteiger charge is 2.21. The van der Waals surface area contributed by atoms with Crippen molar-refractivity contribution in [3.63, 3.8) is 0 Å². The lowest BCUT2D eigenvalue weighted by Crippen LogP contribution is -2.24. The Hall–Kier alpha value is -1.13. The van der Waals surface area contributed by atoms with E-state index in [1.54, 1.807) is 0 Å². The van der Waals surface area contributed by atoms with Gasteiger partial charge >= 0.3 is 0 Å². The summed E-state index contributed by atoms with van der Waals surface area (Å²) in [5.41, 5.74) is 0.287. The maximum Gasteiger partial charge on any atom is 0.227 e. The third-order valence-corrected chi connectivity index (χ3v) is 3.22. The van der Waals surface area contributed by atoms with Gasteiger partial charge in [0.05, 0.1) is 0 Å². The molecule has 6 heteroatoms. The molecule has 2 rings (SSSR count). The lowest BCUT2D eigenvalue weighted by atomic mass is 9.94. The number of carbonyl (C=O) groups excluding carboxylic acids is 1. The van der Waals surface area contributed by atoms with Gasteiger partial charge in [-0.3, -0.25) is 4.79 Å². The van der Waals surface area contributed by atoms with Gasteiger partial charge < -0.3 is 5.32 Å². The molecule has 4 nitrogen and oxygen atoms in total. The van der Waals surface area contributed by atoms with Crippen LogP contribution in [-0.4, -0.2) is 15.9 Å². The van der Waals surface area contributed by atoms with Crippen LogP contribution in [0.5, 0.6) is 0 Å². The summed E-state index contributed by atoms with van der Waals surface area (Å²) >= 11 is 11.7. The number of amides is 1. The van der Waals surface area contributed by atoms with Crippen LogP contribution in [0.25, 0.3) is 0 Å². The average Bonchev–Trinajstić information content (AvgIpc) is 2.35. The smallest absolute Gasteiger partial charge is 0.227 e. The molecular weight excluding hydrogens is 261 g/mol. The van der Waals surface area contributed by atoms with Crippen molar-refractivity contribution in [2.24, 2.45) is 5.92 Å². The van der Waals surface area contributed by atoms with E-state index in [-0.39, 0.29) is 27.8 Å². The van der Waals surface area contributed by atoms with Gasteiger partial charge in [0.2, 0.25) is 5.91 Å². The number of nitrogens with zero attached hydrogens (tertiary/aromatic N) is 2. The molecule has 90 valence electrons. The van der Waals surface area contributed by atoms with E-state index in [0.717, 1.165) is 19.3 Å². The molecule has 0 radical (unpaired) electrons. The minimum atomic E-state index is -0.0899. The van der Waals surface area contributed by atoms with E-state index in [9.17, 15) is 4.79 Å². The number of rotatable bonds is 2. The predicted octanol–water partition coefficient (Wildman–Crippen LogP) is 3.08. The standard InChI is InChI=1S/C11H11Cl2N3O/c12-9-8(10(13)15-6-14-9)16-11(17)7-4-2-1-3-5-7/h1-2,6-7H,3-5H2,(H,16,17). The van der Waals surface area contributed by atoms with E-state index < -0.39 is 0 Å². The summed E-state index contributed by atoms with van der Waals surface area (Å²) in [6.45, 7) is 0. The Kier molecular flexibility index (Phi) is 3.97. The molecule has 1 aliphatic carbocycles. The molecule has 0 saturated carbocycles. The highest BCUT2D eigenvalue weighted by Crippen LogP contribution is 2.27. The molecule has 0 spiro atoms. The van der Waals surface area contributed by atoms with Gasteiger partial charge in [0.15, 0.2) is 10.3 Å². The minimum absolute atomic E-state index is 0.0349. The number of hydrogen-bond donors (Lipinski definition) is 1. The summed E-state index contributed by atoms with van der Waals surface area (Å²) in [4.78, 5) is 19.5. The summed E-state index contributed by atoms with van der Waals surface area (Å²) in [7, 11) is 0. The Morgan fingerprint density at radius 1 is 1.29 bits per heavy atom. The van der Waals surface area contributed by atoms with Crippen LogP contribution in [0.2, 0.25) is 10.3 Å². The summed E-state index contributed by atoms with van der Waals surface area (Å²) in [6.07, 6.45) is 7.85. The second-order valence-electron chi connectivity index (χ2n) is 3.80. The van der Waals surface area contributed by atoms with E-state index in [1.807, 2.05) is 6.08 Å². The van der Waals surface area contributed by atoms with Crippen LogP contribution in [-0.2, 0) is 4.79 Å². The van der Waals surface area contributed by atoms with Gasteiger partial charge in [-0.05, 0) is 19.3 Å². The molecule has 1 atom stereocenters. The first-order valence-electron chi connectivity index (χ1n) is 5.30. The third kappa shape index (κ3) is 2.96. The Bertz CT molecular complexity index is 442. The molecule has 0 bridgehead atoms. The maximum atomic E-state index is 12.0. The van der Waals surface area contributed by atoms with Gasteiger partial charge in [-0.2, -0.15) is 0 Å². The van der Waals surface area contributed by atoms with Crippen LogP contribution in [0.1, 0.15) is 19.3 Å². The predicted molar refractivity (Wildman–Crippen MR) is 67.2 cm³/mol. The third-order valence-electron chi connectivity index (χ3n) is 2.64. The van der Waals surface area contributed by atoms with Crippen molar-refractivity contribution in [3.8, 4) is 0 Å². The van der Waals surface area contributed by atoms with Crippen molar-refractivity contribution in [2.75, 3.05) is 5.32 Å². The van der Waals surface area contributed by atoms with Gasteiger partial charge in [0, 0.05) is 5.92 Å². The van der Waals surface area contributed by atoms with Crippen LogP contribution in [0, 0.1) is 5.92 Å². The lowest BCUT2D eigenvalue weighted by Gasteiger charge is -2.17. The Morgan fingerprint density at radius 2 is 2.00 bits per heavy atom. The molecule has 1 amide bonds. The number of allylic oxidation sites excluding steroid dienone is 2. The van der Waals surface area contributed by atoms with Gasteiger partial charge in [-0.1, -0.05) is 35.4 Å². The van der Waals surface area contributed by atoms with Gasteiger partial charge in [-0.15, -0.1) is 0 Å². The fourth-order valence-corrected chi connectivity index (χ4v) is 2.11. The van der Waals surface area contributed by atoms with Crippen molar-refractivity contribution >= 4 is 34.8 Å². The van der Waals surface area contributed by atoms with Gasteiger partial charge in [0.1, 0.15) is 12.0 Å². The monoisotopic (exact) mass is 271 g/mol. The van der Waals surface area contributed by atoms with Crippen molar-refractivity contribution in [1.29, 1.82) is 0 Å². The summed E-state index contributed by atoms with van der Waals surface area (Å²) in [6, 6.07) is 0. The maximum absolute atomic E-state index is 12.0. The van der Waals surface area contributed by atoms with E-state index in [2.05, 4.69) is 21.4 Å². The number of anilines is 1. The van der Waals surface area contributed by atoms with E-state index >= 15 is 0 Å². The number of halogens is 2. The highest BCUT2D eigenvalue weighted by molar-refractivity contribution is 6.38. The second kappa shape index (κ2) is 5.47. The molecule has 1 aromatic heterocycles. The van der Waals surface area contributed by atoms with Crippen LogP contribution in [0.3, 0.4) is 0 Å². The Morgan fingerprint density at radius 3 is 2.59 bits per heavy atom. The van der Waals surface area contributed by atoms with E-state index in [0.29, 0.717) is 0 Å². The van der Waals surface area contributed by atoms with Crippen LogP contribution in [0.4, 0.5) is 5.69 Å². The molecule has 1 heterocycles. The zero-order valence-corrected chi connectivity index (χ0v) is 10.5. The molecule has 0 fully saturated rings. The van der Waals surface area contributed by atoms with Crippen LogP contribution in [0.15, 0.2) is 18.5 Å². The highest BCUT2D eigenvalue weighted by atomic mass is 35.5. The largest absolute Gasteiger partial charge is 0.321 e. The SMILES string of the molecule is O=C(Nc1c(Cl)ncnc1Cl)C1CC=CCC1. The molecule has 1 unspecified atom stereocenters. The number of aromatic nitrogens is 2. The molecule has 1 N–H and O–H groups in total. The molecule has 0 aliphatic heterocycles. The first-order valence-corrected chi connectivity index (χ1v) is 6.06. The van der Waals surface area contributed by atoms with Crippen molar-refractivity contribution < 1.29 is 4.79 Å². The summed E-state index contributed by atoms with van der Waals surface area (Å²) < 4.78 is 0. The van der Waals surface area contributed by atoms with E-state index in [1.165, 1.54) is 6.33 Å². The first kappa shape index (κ1) is 12.3. The second-order valence-corrected chi connectivity index (χ2v) is 4.52. The fraction of sp³-hybridized carbons (Fsp3) is 0.364. The Balaban J connectivity index is 2.10. The molecule has 1 aliphatic rings. The molecule has 0 saturated heterocycles. The van der Waals surface area contributed by atoms with Crippen molar-refractivity contribution in [2.45, 2.75) is 19.3 Å². The quantitative estimate of drug-likeness (QED) is 0.665. The number of carbonyl (C=O) groups is 1. The van der Waals surface area contributed by atoms with Crippen LogP contribution >= 0.6 is 23.2 Å². The normalized spacial score (nSPS) is 19.1. The van der Waals surface area contributed by atoms with Crippen LogP contribution < -0.4 is 5.32 Å². The number of nitrogens with one attached hydrogen (secondary N) is 1. The topological polar surface area (TPSA) is 54.9 Å². The number of hydrogen-bond acceptors (Lipinski definition) is 3. The van der Waals surface area contributed by atoms with Gasteiger partial charge in [-0.25, -0.2) is 9.97 Å². The summed E-state index contributed by atoms with van der Waals surface area (Å²) in [5.74, 6) is -0.125. The van der Waals surface area contributed by atoms with Crippen molar-refractivity contribution in [1.82, 2.24) is 9.97 Å². The zero-order chi connectivity index (χ0) is 12.3. The first-order chi connectivity index (χ1) is 8.18. The summed E-state index contributed by atoms with van der Waals surface area (Å²) in [5, 5.41) is 3.00. The zero-order valence-electron chi connectivity index (χ0n) is 8.99. The Labute approximate surface area is 109 Å². The van der Waals surface area contributed by atoms with E-state index in [4.69, 9.17) is 23.2 Å². The average molecular weight is 272 g/mol. The molecule has 0 aromatic carbocycles. The molecule has 1 aromatic rings. The van der Waals surface area contributed by atoms with Gasteiger partial charge in [0.25, 0.3) is 0 Å². The van der Waals surface area contributed by atoms with Crippen molar-refractivity contribution in [3.05, 3.63) is 28.8 Å². The minimum Gasteiger partial charge on any atom is -0.321 e. The molecule has 17 heavy (non-hydrogen) atoms. The fourth-order valence-electron chi connectivity index (χ4n) is 1.70. The lowest BCUT2D eigenvalue weighted by molar-refractivity contribution is -0.120. The molecular formula is C11H11Cl2N3O.